The van der Waals surface area contributed by atoms with E-state index in [2.05, 4.69) is 15.6 Å². The molecule has 3 aromatic rings. The number of amides is 2. The van der Waals surface area contributed by atoms with Crippen LogP contribution in [-0.2, 0) is 9.53 Å². The molecule has 2 amide bonds. The van der Waals surface area contributed by atoms with Crippen LogP contribution in [0.5, 0.6) is 5.75 Å². The van der Waals surface area contributed by atoms with Crippen molar-refractivity contribution >= 4 is 34.0 Å². The third kappa shape index (κ3) is 4.89. The van der Waals surface area contributed by atoms with Gasteiger partial charge < -0.3 is 14.8 Å². The first kappa shape index (κ1) is 21.0. The van der Waals surface area contributed by atoms with Crippen LogP contribution in [0.2, 0.25) is 0 Å². The van der Waals surface area contributed by atoms with Crippen LogP contribution >= 0.6 is 11.3 Å². The topological polar surface area (TPSA) is 89.6 Å². The highest BCUT2D eigenvalue weighted by Crippen LogP contribution is 2.28. The number of rotatable bonds is 6. The quantitative estimate of drug-likeness (QED) is 0.594. The standard InChI is InChI=1S/C22H20FN3O4S/c1-29-18-8-7-13(11-16(18)23)17-12-31-22(25-17)26-20(27)14-4-2-5-15(10-14)24-21(28)19-6-3-9-30-19/h2,4-5,7-8,10-12,19H,3,6,9H2,1H3,(H,24,28)(H,25,26,27)/t19-/m0/s1. The number of nitrogens with zero attached hydrogens (tertiary/aromatic N) is 1. The highest BCUT2D eigenvalue weighted by molar-refractivity contribution is 7.14. The predicted octanol–water partition coefficient (Wildman–Crippen LogP) is 4.33. The monoisotopic (exact) mass is 441 g/mol. The first-order valence-electron chi connectivity index (χ1n) is 9.67. The van der Waals surface area contributed by atoms with Crippen molar-refractivity contribution in [2.45, 2.75) is 18.9 Å². The fourth-order valence-electron chi connectivity index (χ4n) is 3.20. The predicted molar refractivity (Wildman–Crippen MR) is 116 cm³/mol. The third-order valence-corrected chi connectivity index (χ3v) is 5.54. The molecule has 0 radical (unpaired) electrons. The molecule has 2 N–H and O–H groups in total. The van der Waals surface area contributed by atoms with Crippen LogP contribution in [-0.4, -0.2) is 36.6 Å². The zero-order valence-electron chi connectivity index (χ0n) is 16.7. The van der Waals surface area contributed by atoms with Gasteiger partial charge in [0.25, 0.3) is 11.8 Å². The lowest BCUT2D eigenvalue weighted by molar-refractivity contribution is -0.124. The molecule has 1 aromatic heterocycles. The lowest BCUT2D eigenvalue weighted by Crippen LogP contribution is -2.27. The van der Waals surface area contributed by atoms with E-state index >= 15 is 0 Å². The molecular formula is C22H20FN3O4S. The number of hydrogen-bond donors (Lipinski definition) is 2. The van der Waals surface area contributed by atoms with E-state index in [-0.39, 0.29) is 17.6 Å². The molecular weight excluding hydrogens is 421 g/mol. The fourth-order valence-corrected chi connectivity index (χ4v) is 3.92. The number of hydrogen-bond acceptors (Lipinski definition) is 6. The van der Waals surface area contributed by atoms with E-state index in [1.54, 1.807) is 35.7 Å². The van der Waals surface area contributed by atoms with Crippen molar-refractivity contribution in [3.63, 3.8) is 0 Å². The Kier molecular flexibility index (Phi) is 6.24. The second kappa shape index (κ2) is 9.23. The van der Waals surface area contributed by atoms with Gasteiger partial charge in [-0.15, -0.1) is 11.3 Å². The number of thiazole rings is 1. The van der Waals surface area contributed by atoms with Gasteiger partial charge in [-0.2, -0.15) is 0 Å². The second-order valence-electron chi connectivity index (χ2n) is 6.91. The molecule has 0 bridgehead atoms. The van der Waals surface area contributed by atoms with Gasteiger partial charge in [0.2, 0.25) is 0 Å². The molecule has 1 aliphatic heterocycles. The van der Waals surface area contributed by atoms with Gasteiger partial charge in [0, 0.05) is 28.8 Å². The minimum atomic E-state index is -0.486. The van der Waals surface area contributed by atoms with Crippen LogP contribution in [0.3, 0.4) is 0 Å². The average molecular weight is 441 g/mol. The van der Waals surface area contributed by atoms with E-state index in [1.807, 2.05) is 0 Å². The molecule has 2 heterocycles. The average Bonchev–Trinajstić information content (AvgIpc) is 3.46. The van der Waals surface area contributed by atoms with E-state index in [0.29, 0.717) is 40.7 Å². The van der Waals surface area contributed by atoms with Crippen molar-refractivity contribution in [3.8, 4) is 17.0 Å². The van der Waals surface area contributed by atoms with Crippen LogP contribution in [0, 0.1) is 5.82 Å². The van der Waals surface area contributed by atoms with Gasteiger partial charge in [-0.1, -0.05) is 6.07 Å². The molecule has 1 atom stereocenters. The van der Waals surface area contributed by atoms with Gasteiger partial charge in [0.15, 0.2) is 16.7 Å². The Morgan fingerprint density at radius 3 is 2.84 bits per heavy atom. The zero-order valence-corrected chi connectivity index (χ0v) is 17.5. The zero-order chi connectivity index (χ0) is 21.8. The van der Waals surface area contributed by atoms with E-state index in [9.17, 15) is 14.0 Å². The van der Waals surface area contributed by atoms with Gasteiger partial charge in [-0.25, -0.2) is 9.37 Å². The second-order valence-corrected chi connectivity index (χ2v) is 7.77. The Balaban J connectivity index is 1.43. The highest BCUT2D eigenvalue weighted by atomic mass is 32.1. The number of halogens is 1. The maximum absolute atomic E-state index is 13.9. The molecule has 1 saturated heterocycles. The third-order valence-electron chi connectivity index (χ3n) is 4.79. The summed E-state index contributed by atoms with van der Waals surface area (Å²) in [5, 5.41) is 7.63. The smallest absolute Gasteiger partial charge is 0.257 e. The molecule has 1 fully saturated rings. The van der Waals surface area contributed by atoms with Crippen molar-refractivity contribution in [1.82, 2.24) is 4.98 Å². The SMILES string of the molecule is COc1ccc(-c2csc(NC(=O)c3cccc(NC(=O)[C@@H]4CCCO4)c3)n2)cc1F. The number of carbonyl (C=O) groups is 2. The number of benzene rings is 2. The Labute approximate surface area is 182 Å². The number of methoxy groups -OCH3 is 1. The number of anilines is 2. The largest absolute Gasteiger partial charge is 0.494 e. The normalized spacial score (nSPS) is 15.5. The Morgan fingerprint density at radius 2 is 2.10 bits per heavy atom. The lowest BCUT2D eigenvalue weighted by Gasteiger charge is -2.11. The molecule has 0 spiro atoms. The molecule has 1 aliphatic rings. The Hall–Kier alpha value is -3.30. The lowest BCUT2D eigenvalue weighted by atomic mass is 10.1. The van der Waals surface area contributed by atoms with Gasteiger partial charge >= 0.3 is 0 Å². The van der Waals surface area contributed by atoms with E-state index in [4.69, 9.17) is 9.47 Å². The number of aromatic nitrogens is 1. The maximum Gasteiger partial charge on any atom is 0.257 e. The minimum Gasteiger partial charge on any atom is -0.494 e. The number of ether oxygens (including phenoxy) is 2. The van der Waals surface area contributed by atoms with Gasteiger partial charge in [-0.05, 0) is 49.2 Å². The summed E-state index contributed by atoms with van der Waals surface area (Å²) in [6.07, 6.45) is 1.10. The van der Waals surface area contributed by atoms with E-state index in [0.717, 1.165) is 6.42 Å². The summed E-state index contributed by atoms with van der Waals surface area (Å²) in [5.41, 5.74) is 2.01. The number of carbonyl (C=O) groups excluding carboxylic acids is 2. The van der Waals surface area contributed by atoms with Crippen LogP contribution < -0.4 is 15.4 Å². The summed E-state index contributed by atoms with van der Waals surface area (Å²) >= 11 is 1.23. The maximum atomic E-state index is 13.9. The molecule has 160 valence electrons. The highest BCUT2D eigenvalue weighted by Gasteiger charge is 2.23. The van der Waals surface area contributed by atoms with Crippen molar-refractivity contribution in [1.29, 1.82) is 0 Å². The van der Waals surface area contributed by atoms with Gasteiger partial charge in [-0.3, -0.25) is 14.9 Å². The van der Waals surface area contributed by atoms with Crippen molar-refractivity contribution in [3.05, 3.63) is 59.2 Å². The first-order valence-corrected chi connectivity index (χ1v) is 10.5. The Bertz CT molecular complexity index is 1110. The molecule has 0 unspecified atom stereocenters. The van der Waals surface area contributed by atoms with Gasteiger partial charge in [0.05, 0.1) is 12.8 Å². The molecule has 7 nitrogen and oxygen atoms in total. The molecule has 0 aliphatic carbocycles. The van der Waals surface area contributed by atoms with Crippen molar-refractivity contribution in [2.24, 2.45) is 0 Å². The van der Waals surface area contributed by atoms with Gasteiger partial charge in [0.1, 0.15) is 6.10 Å². The summed E-state index contributed by atoms with van der Waals surface area (Å²) < 4.78 is 24.2. The van der Waals surface area contributed by atoms with E-state index in [1.165, 1.54) is 30.6 Å². The van der Waals surface area contributed by atoms with Crippen LogP contribution in [0.1, 0.15) is 23.2 Å². The van der Waals surface area contributed by atoms with Crippen molar-refractivity contribution < 1.29 is 23.5 Å². The van der Waals surface area contributed by atoms with Crippen LogP contribution in [0.25, 0.3) is 11.3 Å². The molecule has 4 rings (SSSR count). The van der Waals surface area contributed by atoms with Crippen LogP contribution in [0.15, 0.2) is 47.8 Å². The van der Waals surface area contributed by atoms with E-state index < -0.39 is 11.9 Å². The van der Waals surface area contributed by atoms with Crippen molar-refractivity contribution in [2.75, 3.05) is 24.4 Å². The summed E-state index contributed by atoms with van der Waals surface area (Å²) in [6.45, 7) is 0.583. The molecule has 31 heavy (non-hydrogen) atoms. The molecule has 9 heteroatoms. The molecule has 2 aromatic carbocycles. The van der Waals surface area contributed by atoms with Crippen LogP contribution in [0.4, 0.5) is 15.2 Å². The first-order chi connectivity index (χ1) is 15.0. The summed E-state index contributed by atoms with van der Waals surface area (Å²) in [4.78, 5) is 29.2. The molecule has 0 saturated carbocycles. The number of nitrogens with one attached hydrogen (secondary N) is 2. The fraction of sp³-hybridized carbons (Fsp3) is 0.227. The Morgan fingerprint density at radius 1 is 1.23 bits per heavy atom. The summed E-state index contributed by atoms with van der Waals surface area (Å²) in [7, 11) is 1.40. The summed E-state index contributed by atoms with van der Waals surface area (Å²) in [6, 6.07) is 11.2. The summed E-state index contributed by atoms with van der Waals surface area (Å²) in [5.74, 6) is -0.916. The minimum absolute atomic E-state index is 0.152.